The topological polar surface area (TPSA) is 38.0 Å². The van der Waals surface area contributed by atoms with Crippen LogP contribution in [0.4, 0.5) is 24.5 Å². The fourth-order valence-electron chi connectivity index (χ4n) is 1.73. The minimum absolute atomic E-state index is 0.243. The van der Waals surface area contributed by atoms with Gasteiger partial charge >= 0.3 is 6.18 Å². The lowest BCUT2D eigenvalue weighted by Crippen LogP contribution is -2.10. The third-order valence-corrected chi connectivity index (χ3v) is 3.59. The zero-order valence-electron chi connectivity index (χ0n) is 10.5. The third-order valence-electron chi connectivity index (χ3n) is 2.71. The Morgan fingerprint density at radius 1 is 1.10 bits per heavy atom. The van der Waals surface area contributed by atoms with E-state index >= 15 is 0 Å². The summed E-state index contributed by atoms with van der Waals surface area (Å²) in [4.78, 5) is 0.243. The highest BCUT2D eigenvalue weighted by molar-refractivity contribution is 9.10. The Kier molecular flexibility index (Phi) is 4.53. The van der Waals surface area contributed by atoms with E-state index in [4.69, 9.17) is 18.0 Å². The van der Waals surface area contributed by atoms with Gasteiger partial charge in [0, 0.05) is 21.4 Å². The molecule has 21 heavy (non-hydrogen) atoms. The van der Waals surface area contributed by atoms with Crippen molar-refractivity contribution < 1.29 is 13.2 Å². The van der Waals surface area contributed by atoms with Gasteiger partial charge in [0.1, 0.15) is 4.99 Å². The zero-order chi connectivity index (χ0) is 15.6. The summed E-state index contributed by atoms with van der Waals surface area (Å²) in [6.45, 7) is 0. The molecule has 0 aliphatic rings. The molecule has 3 N–H and O–H groups in total. The molecule has 0 unspecified atom stereocenters. The number of alkyl halides is 3. The van der Waals surface area contributed by atoms with E-state index in [1.807, 2.05) is 0 Å². The summed E-state index contributed by atoms with van der Waals surface area (Å²) >= 11 is 8.20. The Morgan fingerprint density at radius 3 is 2.33 bits per heavy atom. The number of halogens is 4. The summed E-state index contributed by atoms with van der Waals surface area (Å²) in [5.41, 5.74) is 6.48. The largest absolute Gasteiger partial charge is 0.416 e. The van der Waals surface area contributed by atoms with E-state index in [9.17, 15) is 13.2 Å². The SMILES string of the molecule is NC(=S)c1ccc(Nc2cccc(C(F)(F)F)c2)cc1Br. The molecule has 7 heteroatoms. The first-order valence-corrected chi connectivity index (χ1v) is 7.01. The average molecular weight is 375 g/mol. The van der Waals surface area contributed by atoms with Gasteiger partial charge in [-0.25, -0.2) is 0 Å². The van der Waals surface area contributed by atoms with E-state index in [1.54, 1.807) is 24.3 Å². The van der Waals surface area contributed by atoms with Crippen molar-refractivity contribution in [3.63, 3.8) is 0 Å². The van der Waals surface area contributed by atoms with Crippen LogP contribution in [-0.2, 0) is 6.18 Å². The quantitative estimate of drug-likeness (QED) is 0.754. The van der Waals surface area contributed by atoms with E-state index in [2.05, 4.69) is 21.2 Å². The van der Waals surface area contributed by atoms with Crippen LogP contribution in [0.15, 0.2) is 46.9 Å². The minimum atomic E-state index is -4.37. The van der Waals surface area contributed by atoms with Crippen LogP contribution < -0.4 is 11.1 Å². The van der Waals surface area contributed by atoms with Crippen molar-refractivity contribution in [2.75, 3.05) is 5.32 Å². The normalized spacial score (nSPS) is 11.2. The number of rotatable bonds is 3. The van der Waals surface area contributed by atoms with Crippen LogP contribution in [0.3, 0.4) is 0 Å². The number of anilines is 2. The van der Waals surface area contributed by atoms with Gasteiger partial charge in [0.15, 0.2) is 0 Å². The molecule has 2 aromatic carbocycles. The Balaban J connectivity index is 2.27. The second-order valence-electron chi connectivity index (χ2n) is 4.26. The fraction of sp³-hybridized carbons (Fsp3) is 0.0714. The van der Waals surface area contributed by atoms with E-state index < -0.39 is 11.7 Å². The number of hydrogen-bond acceptors (Lipinski definition) is 2. The maximum atomic E-state index is 12.6. The van der Waals surface area contributed by atoms with Crippen molar-refractivity contribution in [3.05, 3.63) is 58.1 Å². The molecule has 0 heterocycles. The molecule has 0 saturated carbocycles. The highest BCUT2D eigenvalue weighted by Gasteiger charge is 2.30. The van der Waals surface area contributed by atoms with E-state index in [0.717, 1.165) is 12.1 Å². The summed E-state index contributed by atoms with van der Waals surface area (Å²) in [6.07, 6.45) is -4.37. The van der Waals surface area contributed by atoms with E-state index in [1.165, 1.54) is 6.07 Å². The van der Waals surface area contributed by atoms with Crippen molar-refractivity contribution in [2.24, 2.45) is 5.73 Å². The Hall–Kier alpha value is -1.60. The molecule has 0 saturated heterocycles. The van der Waals surface area contributed by atoms with Gasteiger partial charge in [-0.2, -0.15) is 13.2 Å². The first-order valence-electron chi connectivity index (χ1n) is 5.81. The molecule has 0 aromatic heterocycles. The van der Waals surface area contributed by atoms with Gasteiger partial charge in [0.05, 0.1) is 5.56 Å². The van der Waals surface area contributed by atoms with Crippen LogP contribution in [0.2, 0.25) is 0 Å². The molecule has 0 aliphatic carbocycles. The van der Waals surface area contributed by atoms with Crippen LogP contribution in [0, 0.1) is 0 Å². The number of hydrogen-bond donors (Lipinski definition) is 2. The monoisotopic (exact) mass is 374 g/mol. The van der Waals surface area contributed by atoms with Crippen molar-refractivity contribution in [1.29, 1.82) is 0 Å². The lowest BCUT2D eigenvalue weighted by molar-refractivity contribution is -0.137. The summed E-state index contributed by atoms with van der Waals surface area (Å²) < 4.78 is 38.6. The van der Waals surface area contributed by atoms with E-state index in [0.29, 0.717) is 21.4 Å². The first kappa shape index (κ1) is 15.8. The van der Waals surface area contributed by atoms with Gasteiger partial charge in [0.2, 0.25) is 0 Å². The Morgan fingerprint density at radius 2 is 1.76 bits per heavy atom. The average Bonchev–Trinajstić information content (AvgIpc) is 2.37. The summed E-state index contributed by atoms with van der Waals surface area (Å²) in [7, 11) is 0. The van der Waals surface area contributed by atoms with Gasteiger partial charge in [0.25, 0.3) is 0 Å². The molecule has 0 amide bonds. The number of nitrogens with one attached hydrogen (secondary N) is 1. The second kappa shape index (κ2) is 6.03. The van der Waals surface area contributed by atoms with E-state index in [-0.39, 0.29) is 4.99 Å². The van der Waals surface area contributed by atoms with Crippen molar-refractivity contribution >= 4 is 44.5 Å². The predicted octanol–water partition coefficient (Wildman–Crippen LogP) is 4.85. The molecule has 110 valence electrons. The summed E-state index contributed by atoms with van der Waals surface area (Å²) in [5.74, 6) is 0. The van der Waals surface area contributed by atoms with Crippen molar-refractivity contribution in [2.45, 2.75) is 6.18 Å². The second-order valence-corrected chi connectivity index (χ2v) is 5.56. The Bertz CT molecular complexity index is 686. The minimum Gasteiger partial charge on any atom is -0.389 e. The molecule has 0 spiro atoms. The summed E-state index contributed by atoms with van der Waals surface area (Å²) in [5, 5.41) is 2.91. The molecular formula is C14H10BrF3N2S. The van der Waals surface area contributed by atoms with Gasteiger partial charge in [-0.05, 0) is 52.3 Å². The van der Waals surface area contributed by atoms with Gasteiger partial charge in [-0.15, -0.1) is 0 Å². The predicted molar refractivity (Wildman–Crippen MR) is 84.8 cm³/mol. The molecular weight excluding hydrogens is 365 g/mol. The fourth-order valence-corrected chi connectivity index (χ4v) is 2.63. The van der Waals surface area contributed by atoms with Crippen molar-refractivity contribution in [1.82, 2.24) is 0 Å². The van der Waals surface area contributed by atoms with Crippen LogP contribution >= 0.6 is 28.1 Å². The maximum absolute atomic E-state index is 12.6. The standard InChI is InChI=1S/C14H10BrF3N2S/c15-12-7-10(4-5-11(12)13(19)21)20-9-3-1-2-8(6-9)14(16,17)18/h1-7,20H,(H2,19,21). The van der Waals surface area contributed by atoms with Gasteiger partial charge in [-0.1, -0.05) is 18.3 Å². The van der Waals surface area contributed by atoms with Gasteiger partial charge < -0.3 is 11.1 Å². The lowest BCUT2D eigenvalue weighted by Gasteiger charge is -2.12. The molecule has 0 fully saturated rings. The van der Waals surface area contributed by atoms with Crippen LogP contribution in [0.5, 0.6) is 0 Å². The maximum Gasteiger partial charge on any atom is 0.416 e. The number of benzene rings is 2. The third kappa shape index (κ3) is 3.95. The van der Waals surface area contributed by atoms with Crippen LogP contribution in [-0.4, -0.2) is 4.99 Å². The molecule has 0 aliphatic heterocycles. The molecule has 2 nitrogen and oxygen atoms in total. The molecule has 0 bridgehead atoms. The lowest BCUT2D eigenvalue weighted by atomic mass is 10.1. The van der Waals surface area contributed by atoms with Crippen LogP contribution in [0.25, 0.3) is 0 Å². The van der Waals surface area contributed by atoms with Gasteiger partial charge in [-0.3, -0.25) is 0 Å². The highest BCUT2D eigenvalue weighted by Crippen LogP contribution is 2.32. The number of nitrogens with two attached hydrogens (primary N) is 1. The summed E-state index contributed by atoms with van der Waals surface area (Å²) in [6, 6.07) is 10.1. The molecule has 2 rings (SSSR count). The highest BCUT2D eigenvalue weighted by atomic mass is 79.9. The van der Waals surface area contributed by atoms with Crippen LogP contribution in [0.1, 0.15) is 11.1 Å². The molecule has 2 aromatic rings. The first-order chi connectivity index (χ1) is 9.77. The zero-order valence-corrected chi connectivity index (χ0v) is 12.9. The Labute approximate surface area is 133 Å². The number of thiocarbonyl (C=S) groups is 1. The molecule has 0 atom stereocenters. The molecule has 0 radical (unpaired) electrons. The van der Waals surface area contributed by atoms with Crippen molar-refractivity contribution in [3.8, 4) is 0 Å². The smallest absolute Gasteiger partial charge is 0.389 e.